The summed E-state index contributed by atoms with van der Waals surface area (Å²) in [5.74, 6) is -1.49. The van der Waals surface area contributed by atoms with E-state index in [1.165, 1.54) is 6.42 Å². The normalized spacial score (nSPS) is 29.7. The highest BCUT2D eigenvalue weighted by atomic mass is 16.5. The molecule has 34 heavy (non-hydrogen) atoms. The standard InChI is InChI=1S/C24H38N4O6/c1-18-7-3-6-10-24(18)21(31)28(22(32)26-24)15-20(30)34-16-19(29)25-17-23(8-4-2-5-9-23)27-11-13-33-14-12-27/h18H,2-17H2,1H3,(H,25,29)(H,26,32). The molecule has 0 aromatic heterocycles. The summed E-state index contributed by atoms with van der Waals surface area (Å²) in [7, 11) is 0. The predicted molar refractivity (Wildman–Crippen MR) is 123 cm³/mol. The van der Waals surface area contributed by atoms with Crippen LogP contribution in [0.15, 0.2) is 0 Å². The molecule has 1 spiro atoms. The lowest BCUT2D eigenvalue weighted by Crippen LogP contribution is -2.59. The molecular weight excluding hydrogens is 440 g/mol. The van der Waals surface area contributed by atoms with Crippen LogP contribution in [-0.2, 0) is 23.9 Å². The number of morpholine rings is 1. The summed E-state index contributed by atoms with van der Waals surface area (Å²) >= 11 is 0. The second-order valence-corrected chi connectivity index (χ2v) is 10.3. The lowest BCUT2D eigenvalue weighted by atomic mass is 9.73. The molecule has 2 saturated carbocycles. The highest BCUT2D eigenvalue weighted by molar-refractivity contribution is 6.09. The topological polar surface area (TPSA) is 117 Å². The summed E-state index contributed by atoms with van der Waals surface area (Å²) in [6.07, 6.45) is 8.85. The van der Waals surface area contributed by atoms with Crippen molar-refractivity contribution >= 4 is 23.8 Å². The molecule has 0 aromatic carbocycles. The van der Waals surface area contributed by atoms with Gasteiger partial charge in [-0.1, -0.05) is 39.0 Å². The number of hydrogen-bond donors (Lipinski definition) is 2. The zero-order chi connectivity index (χ0) is 24.2. The molecule has 2 atom stereocenters. The van der Waals surface area contributed by atoms with Gasteiger partial charge in [-0.2, -0.15) is 0 Å². The number of carbonyl (C=O) groups excluding carboxylic acids is 4. The number of imide groups is 1. The van der Waals surface area contributed by atoms with Crippen LogP contribution in [0.3, 0.4) is 0 Å². The van der Waals surface area contributed by atoms with Crippen molar-refractivity contribution in [2.45, 2.75) is 75.8 Å². The third kappa shape index (κ3) is 5.07. The first-order valence-corrected chi connectivity index (χ1v) is 12.8. The van der Waals surface area contributed by atoms with Crippen molar-refractivity contribution in [3.63, 3.8) is 0 Å². The molecule has 2 aliphatic carbocycles. The van der Waals surface area contributed by atoms with E-state index in [0.717, 1.165) is 62.9 Å². The number of esters is 1. The molecular formula is C24H38N4O6. The van der Waals surface area contributed by atoms with E-state index in [4.69, 9.17) is 9.47 Å². The summed E-state index contributed by atoms with van der Waals surface area (Å²) in [5, 5.41) is 5.77. The van der Waals surface area contributed by atoms with Gasteiger partial charge in [0, 0.05) is 25.2 Å². The molecule has 0 bridgehead atoms. The van der Waals surface area contributed by atoms with E-state index in [2.05, 4.69) is 15.5 Å². The van der Waals surface area contributed by atoms with Crippen LogP contribution in [0.1, 0.15) is 64.7 Å². The molecule has 4 aliphatic rings. The molecule has 0 aromatic rings. The lowest BCUT2D eigenvalue weighted by Gasteiger charge is -2.48. The average molecular weight is 479 g/mol. The number of carbonyl (C=O) groups is 4. The van der Waals surface area contributed by atoms with E-state index in [0.29, 0.717) is 26.2 Å². The fraction of sp³-hybridized carbons (Fsp3) is 0.833. The summed E-state index contributed by atoms with van der Waals surface area (Å²) in [6, 6.07) is -0.565. The second kappa shape index (κ2) is 10.6. The molecule has 2 unspecified atom stereocenters. The Morgan fingerprint density at radius 1 is 1.09 bits per heavy atom. The van der Waals surface area contributed by atoms with Gasteiger partial charge in [0.1, 0.15) is 12.1 Å². The summed E-state index contributed by atoms with van der Waals surface area (Å²) in [5.41, 5.74) is -0.992. The second-order valence-electron chi connectivity index (χ2n) is 10.3. The largest absolute Gasteiger partial charge is 0.454 e. The zero-order valence-electron chi connectivity index (χ0n) is 20.2. The van der Waals surface area contributed by atoms with E-state index in [1.54, 1.807) is 0 Å². The minimum Gasteiger partial charge on any atom is -0.454 e. The van der Waals surface area contributed by atoms with Gasteiger partial charge in [0.05, 0.1) is 13.2 Å². The lowest BCUT2D eigenvalue weighted by molar-refractivity contribution is -0.151. The third-order valence-electron chi connectivity index (χ3n) is 8.23. The molecule has 2 aliphatic heterocycles. The molecule has 190 valence electrons. The predicted octanol–water partition coefficient (Wildman–Crippen LogP) is 1.18. The molecule has 0 radical (unpaired) electrons. The molecule has 2 saturated heterocycles. The Morgan fingerprint density at radius 3 is 2.50 bits per heavy atom. The molecule has 4 fully saturated rings. The van der Waals surface area contributed by atoms with Crippen molar-refractivity contribution in [1.82, 2.24) is 20.4 Å². The molecule has 10 heteroatoms. The van der Waals surface area contributed by atoms with Crippen molar-refractivity contribution in [3.8, 4) is 0 Å². The van der Waals surface area contributed by atoms with Gasteiger partial charge in [-0.25, -0.2) is 4.79 Å². The maximum Gasteiger partial charge on any atom is 0.326 e. The van der Waals surface area contributed by atoms with Crippen LogP contribution < -0.4 is 10.6 Å². The monoisotopic (exact) mass is 478 g/mol. The van der Waals surface area contributed by atoms with E-state index in [1.807, 2.05) is 6.92 Å². The van der Waals surface area contributed by atoms with Gasteiger partial charge in [-0.3, -0.25) is 24.2 Å². The smallest absolute Gasteiger partial charge is 0.326 e. The van der Waals surface area contributed by atoms with Crippen LogP contribution in [0.5, 0.6) is 0 Å². The molecule has 4 rings (SSSR count). The number of ether oxygens (including phenoxy) is 2. The van der Waals surface area contributed by atoms with Crippen LogP contribution in [0.2, 0.25) is 0 Å². The number of rotatable bonds is 7. The van der Waals surface area contributed by atoms with Crippen molar-refractivity contribution in [3.05, 3.63) is 0 Å². The highest BCUT2D eigenvalue weighted by Crippen LogP contribution is 2.38. The molecule has 2 heterocycles. The number of nitrogens with one attached hydrogen (secondary N) is 2. The van der Waals surface area contributed by atoms with Crippen LogP contribution in [0.25, 0.3) is 0 Å². The molecule has 10 nitrogen and oxygen atoms in total. The SMILES string of the molecule is CC1CCCCC12NC(=O)N(CC(=O)OCC(=O)NCC1(N3CCOCC3)CCCCC1)C2=O. The fourth-order valence-corrected chi connectivity index (χ4v) is 6.13. The average Bonchev–Trinajstić information content (AvgIpc) is 3.09. The van der Waals surface area contributed by atoms with Crippen LogP contribution in [-0.4, -0.2) is 90.7 Å². The number of nitrogens with zero attached hydrogens (tertiary/aromatic N) is 2. The van der Waals surface area contributed by atoms with Crippen molar-refractivity contribution in [2.24, 2.45) is 5.92 Å². The van der Waals surface area contributed by atoms with Crippen LogP contribution in [0, 0.1) is 5.92 Å². The highest BCUT2D eigenvalue weighted by Gasteiger charge is 2.55. The minimum absolute atomic E-state index is 0.0167. The van der Waals surface area contributed by atoms with Gasteiger partial charge < -0.3 is 20.1 Å². The Bertz CT molecular complexity index is 792. The maximum atomic E-state index is 13.0. The number of hydrogen-bond acceptors (Lipinski definition) is 7. The minimum atomic E-state index is -0.916. The summed E-state index contributed by atoms with van der Waals surface area (Å²) in [6.45, 7) is 4.68. The summed E-state index contributed by atoms with van der Waals surface area (Å²) in [4.78, 5) is 53.6. The van der Waals surface area contributed by atoms with Crippen LogP contribution in [0.4, 0.5) is 4.79 Å². The first-order valence-electron chi connectivity index (χ1n) is 12.8. The van der Waals surface area contributed by atoms with Gasteiger partial charge in [-0.05, 0) is 31.6 Å². The van der Waals surface area contributed by atoms with Crippen LogP contribution >= 0.6 is 0 Å². The Labute approximate surface area is 201 Å². The first kappa shape index (κ1) is 24.9. The maximum absolute atomic E-state index is 13.0. The van der Waals surface area contributed by atoms with Gasteiger partial charge >= 0.3 is 12.0 Å². The third-order valence-corrected chi connectivity index (χ3v) is 8.23. The fourth-order valence-electron chi connectivity index (χ4n) is 6.13. The van der Waals surface area contributed by atoms with E-state index in [-0.39, 0.29) is 23.3 Å². The Hall–Kier alpha value is -2.20. The summed E-state index contributed by atoms with van der Waals surface area (Å²) < 4.78 is 10.6. The van der Waals surface area contributed by atoms with Gasteiger partial charge in [0.15, 0.2) is 6.61 Å². The Kier molecular flexibility index (Phi) is 7.77. The number of urea groups is 1. The Morgan fingerprint density at radius 2 is 1.79 bits per heavy atom. The van der Waals surface area contributed by atoms with Gasteiger partial charge in [0.25, 0.3) is 11.8 Å². The zero-order valence-corrected chi connectivity index (χ0v) is 20.2. The Balaban J connectivity index is 1.25. The quantitative estimate of drug-likeness (QED) is 0.417. The van der Waals surface area contributed by atoms with E-state index >= 15 is 0 Å². The van der Waals surface area contributed by atoms with Crippen molar-refractivity contribution in [2.75, 3.05) is 46.0 Å². The van der Waals surface area contributed by atoms with E-state index < -0.39 is 30.7 Å². The van der Waals surface area contributed by atoms with Crippen molar-refractivity contribution in [1.29, 1.82) is 0 Å². The number of amides is 4. The molecule has 2 N–H and O–H groups in total. The van der Waals surface area contributed by atoms with E-state index in [9.17, 15) is 19.2 Å². The van der Waals surface area contributed by atoms with Gasteiger partial charge in [-0.15, -0.1) is 0 Å². The first-order chi connectivity index (χ1) is 16.4. The molecule has 4 amide bonds. The van der Waals surface area contributed by atoms with Crippen molar-refractivity contribution < 1.29 is 28.7 Å². The van der Waals surface area contributed by atoms with Gasteiger partial charge in [0.2, 0.25) is 0 Å².